The Morgan fingerprint density at radius 2 is 2.36 bits per heavy atom. The minimum absolute atomic E-state index is 0.156. The van der Waals surface area contributed by atoms with Gasteiger partial charge in [0.15, 0.2) is 5.82 Å². The lowest BCUT2D eigenvalue weighted by atomic mass is 9.91. The quantitative estimate of drug-likeness (QED) is 0.867. The number of piperidine rings is 1. The van der Waals surface area contributed by atoms with Crippen LogP contribution in [0.3, 0.4) is 0 Å². The van der Waals surface area contributed by atoms with E-state index in [4.69, 9.17) is 4.52 Å². The average molecular weight is 343 g/mol. The van der Waals surface area contributed by atoms with E-state index in [1.165, 1.54) is 5.56 Å². The Morgan fingerprint density at radius 3 is 3.12 bits per heavy atom. The first-order valence-electron chi connectivity index (χ1n) is 8.92. The maximum absolute atomic E-state index is 12.6. The van der Waals surface area contributed by atoms with Gasteiger partial charge in [0, 0.05) is 51.5 Å². The molecule has 1 atom stereocenters. The van der Waals surface area contributed by atoms with Crippen LogP contribution in [-0.4, -0.2) is 46.1 Å². The molecule has 0 saturated carbocycles. The predicted octanol–water partition coefficient (Wildman–Crippen LogP) is 2.41. The highest BCUT2D eigenvalue weighted by atomic mass is 16.5. The molecule has 0 aliphatic carbocycles. The summed E-state index contributed by atoms with van der Waals surface area (Å²) in [5.41, 5.74) is 1.24. The standard InChI is InChI=1S/C18H25N5O2/c1-3-15-21-17(25-22-15)6-7-18(24)23-10-4-5-14(12-23)13-8-9-20-16(11-13)19-2/h8-9,11,14H,3-7,10,12H2,1-2H3,(H,19,20)/t14-/m0/s1. The van der Waals surface area contributed by atoms with Gasteiger partial charge in [-0.1, -0.05) is 12.1 Å². The Bertz CT molecular complexity index is 715. The van der Waals surface area contributed by atoms with Crippen molar-refractivity contribution in [3.05, 3.63) is 35.6 Å². The minimum atomic E-state index is 0.156. The molecule has 1 fully saturated rings. The van der Waals surface area contributed by atoms with Gasteiger partial charge in [0.05, 0.1) is 0 Å². The third-order valence-electron chi connectivity index (χ3n) is 4.66. The summed E-state index contributed by atoms with van der Waals surface area (Å²) in [6.07, 6.45) is 5.60. The lowest BCUT2D eigenvalue weighted by molar-refractivity contribution is -0.132. The number of pyridine rings is 1. The van der Waals surface area contributed by atoms with Crippen LogP contribution in [0.25, 0.3) is 0 Å². The van der Waals surface area contributed by atoms with E-state index in [2.05, 4.69) is 26.5 Å². The van der Waals surface area contributed by atoms with E-state index in [9.17, 15) is 4.79 Å². The fourth-order valence-electron chi connectivity index (χ4n) is 3.22. The van der Waals surface area contributed by atoms with Gasteiger partial charge < -0.3 is 14.7 Å². The van der Waals surface area contributed by atoms with E-state index in [0.717, 1.165) is 38.2 Å². The molecule has 134 valence electrons. The molecule has 1 amide bonds. The van der Waals surface area contributed by atoms with Crippen molar-refractivity contribution in [2.24, 2.45) is 0 Å². The molecule has 7 heteroatoms. The molecule has 1 aliphatic rings. The molecule has 3 rings (SSSR count). The maximum atomic E-state index is 12.6. The molecule has 0 bridgehead atoms. The first kappa shape index (κ1) is 17.4. The van der Waals surface area contributed by atoms with Crippen molar-refractivity contribution < 1.29 is 9.32 Å². The van der Waals surface area contributed by atoms with Crippen LogP contribution in [0.2, 0.25) is 0 Å². The van der Waals surface area contributed by atoms with Gasteiger partial charge >= 0.3 is 0 Å². The van der Waals surface area contributed by atoms with Crippen molar-refractivity contribution >= 4 is 11.7 Å². The summed E-state index contributed by atoms with van der Waals surface area (Å²) in [5.74, 6) is 2.63. The number of nitrogens with one attached hydrogen (secondary N) is 1. The van der Waals surface area contributed by atoms with E-state index >= 15 is 0 Å². The summed E-state index contributed by atoms with van der Waals surface area (Å²) in [5, 5.41) is 6.94. The Hall–Kier alpha value is -2.44. The highest BCUT2D eigenvalue weighted by molar-refractivity contribution is 5.76. The van der Waals surface area contributed by atoms with Crippen LogP contribution in [0.5, 0.6) is 0 Å². The number of carbonyl (C=O) groups is 1. The molecule has 1 aliphatic heterocycles. The molecule has 1 N–H and O–H groups in total. The lowest BCUT2D eigenvalue weighted by Crippen LogP contribution is -2.39. The Morgan fingerprint density at radius 1 is 1.48 bits per heavy atom. The first-order valence-corrected chi connectivity index (χ1v) is 8.92. The maximum Gasteiger partial charge on any atom is 0.227 e. The predicted molar refractivity (Wildman–Crippen MR) is 94.3 cm³/mol. The summed E-state index contributed by atoms with van der Waals surface area (Å²) in [4.78, 5) is 23.1. The third kappa shape index (κ3) is 4.35. The summed E-state index contributed by atoms with van der Waals surface area (Å²) in [6, 6.07) is 4.12. The van der Waals surface area contributed by atoms with E-state index in [1.807, 2.05) is 31.1 Å². The summed E-state index contributed by atoms with van der Waals surface area (Å²) < 4.78 is 5.16. The van der Waals surface area contributed by atoms with Crippen LogP contribution in [0, 0.1) is 0 Å². The molecule has 3 heterocycles. The third-order valence-corrected chi connectivity index (χ3v) is 4.66. The van der Waals surface area contributed by atoms with Gasteiger partial charge in [-0.2, -0.15) is 4.98 Å². The number of aromatic nitrogens is 3. The van der Waals surface area contributed by atoms with E-state index in [1.54, 1.807) is 0 Å². The summed E-state index contributed by atoms with van der Waals surface area (Å²) in [7, 11) is 1.87. The Labute approximate surface area is 147 Å². The highest BCUT2D eigenvalue weighted by Gasteiger charge is 2.25. The van der Waals surface area contributed by atoms with Crippen molar-refractivity contribution in [1.82, 2.24) is 20.0 Å². The molecule has 25 heavy (non-hydrogen) atoms. The zero-order chi connectivity index (χ0) is 17.6. The second kappa shape index (κ2) is 8.09. The number of hydrogen-bond acceptors (Lipinski definition) is 6. The number of anilines is 1. The molecule has 2 aromatic heterocycles. The van der Waals surface area contributed by atoms with Gasteiger partial charge in [0.1, 0.15) is 5.82 Å². The molecule has 0 spiro atoms. The van der Waals surface area contributed by atoms with E-state index in [0.29, 0.717) is 30.5 Å². The van der Waals surface area contributed by atoms with Crippen LogP contribution in [0.1, 0.15) is 49.4 Å². The number of hydrogen-bond donors (Lipinski definition) is 1. The number of aryl methyl sites for hydroxylation is 2. The molecule has 0 radical (unpaired) electrons. The second-order valence-electron chi connectivity index (χ2n) is 6.36. The summed E-state index contributed by atoms with van der Waals surface area (Å²) in [6.45, 7) is 3.56. The van der Waals surface area contributed by atoms with E-state index in [-0.39, 0.29) is 5.91 Å². The van der Waals surface area contributed by atoms with Gasteiger partial charge in [-0.3, -0.25) is 4.79 Å². The number of rotatable bonds is 6. The Kier molecular flexibility index (Phi) is 5.63. The van der Waals surface area contributed by atoms with Crippen LogP contribution >= 0.6 is 0 Å². The van der Waals surface area contributed by atoms with Crippen LogP contribution in [0.15, 0.2) is 22.9 Å². The topological polar surface area (TPSA) is 84.2 Å². The minimum Gasteiger partial charge on any atom is -0.373 e. The van der Waals surface area contributed by atoms with Gasteiger partial charge in [-0.25, -0.2) is 4.98 Å². The number of nitrogens with zero attached hydrogens (tertiary/aromatic N) is 4. The largest absolute Gasteiger partial charge is 0.373 e. The number of amides is 1. The normalized spacial score (nSPS) is 17.5. The van der Waals surface area contributed by atoms with Gasteiger partial charge in [0.2, 0.25) is 11.8 Å². The molecule has 7 nitrogen and oxygen atoms in total. The monoisotopic (exact) mass is 343 g/mol. The second-order valence-corrected chi connectivity index (χ2v) is 6.36. The number of carbonyl (C=O) groups excluding carboxylic acids is 1. The molecule has 2 aromatic rings. The smallest absolute Gasteiger partial charge is 0.227 e. The van der Waals surface area contributed by atoms with Crippen LogP contribution in [-0.2, 0) is 17.6 Å². The Balaban J connectivity index is 1.57. The van der Waals surface area contributed by atoms with E-state index < -0.39 is 0 Å². The van der Waals surface area contributed by atoms with Crippen LogP contribution in [0.4, 0.5) is 5.82 Å². The first-order chi connectivity index (χ1) is 12.2. The van der Waals surface area contributed by atoms with Crippen molar-refractivity contribution in [1.29, 1.82) is 0 Å². The summed E-state index contributed by atoms with van der Waals surface area (Å²) >= 11 is 0. The highest BCUT2D eigenvalue weighted by Crippen LogP contribution is 2.28. The molecular formula is C18H25N5O2. The fourth-order valence-corrected chi connectivity index (χ4v) is 3.22. The molecular weight excluding hydrogens is 318 g/mol. The fraction of sp³-hybridized carbons (Fsp3) is 0.556. The van der Waals surface area contributed by atoms with Crippen molar-refractivity contribution in [3.63, 3.8) is 0 Å². The lowest BCUT2D eigenvalue weighted by Gasteiger charge is -2.33. The molecule has 0 aromatic carbocycles. The van der Waals surface area contributed by atoms with Crippen molar-refractivity contribution in [2.45, 2.75) is 44.9 Å². The van der Waals surface area contributed by atoms with Gasteiger partial charge in [-0.15, -0.1) is 0 Å². The molecule has 0 unspecified atom stereocenters. The van der Waals surface area contributed by atoms with Crippen molar-refractivity contribution in [3.8, 4) is 0 Å². The zero-order valence-corrected chi connectivity index (χ0v) is 14.9. The zero-order valence-electron chi connectivity index (χ0n) is 14.9. The van der Waals surface area contributed by atoms with Gasteiger partial charge in [-0.05, 0) is 30.5 Å². The van der Waals surface area contributed by atoms with Crippen LogP contribution < -0.4 is 5.32 Å². The van der Waals surface area contributed by atoms with Crippen molar-refractivity contribution in [2.75, 3.05) is 25.5 Å². The average Bonchev–Trinajstić information content (AvgIpc) is 3.14. The number of likely N-dealkylation sites (tertiary alicyclic amines) is 1. The van der Waals surface area contributed by atoms with Gasteiger partial charge in [0.25, 0.3) is 0 Å². The SMILES string of the molecule is CCc1noc(CCC(=O)N2CCC[C@H](c3ccnc(NC)c3)C2)n1. The molecule has 1 saturated heterocycles.